The van der Waals surface area contributed by atoms with Crippen LogP contribution in [0.3, 0.4) is 0 Å². The summed E-state index contributed by atoms with van der Waals surface area (Å²) in [6.07, 6.45) is 0.987. The minimum absolute atomic E-state index is 0.0239. The zero-order chi connectivity index (χ0) is 15.8. The lowest BCUT2D eigenvalue weighted by Gasteiger charge is -2.07. The third-order valence-electron chi connectivity index (χ3n) is 2.80. The molecule has 1 aromatic rings. The van der Waals surface area contributed by atoms with Crippen LogP contribution in [-0.4, -0.2) is 29.7 Å². The van der Waals surface area contributed by atoms with Gasteiger partial charge < -0.3 is 11.1 Å². The van der Waals surface area contributed by atoms with Crippen LogP contribution in [-0.2, 0) is 0 Å². The predicted molar refractivity (Wildman–Crippen MR) is 84.7 cm³/mol. The fourth-order valence-electron chi connectivity index (χ4n) is 1.62. The van der Waals surface area contributed by atoms with Gasteiger partial charge in [0.05, 0.1) is 9.82 Å². The third-order valence-corrected chi connectivity index (χ3v) is 3.90. The molecule has 1 amide bonds. The summed E-state index contributed by atoms with van der Waals surface area (Å²) in [4.78, 5) is 23.1. The topological polar surface area (TPSA) is 98.3 Å². The molecule has 0 unspecified atom stereocenters. The van der Waals surface area contributed by atoms with Crippen LogP contribution < -0.4 is 11.1 Å². The Bertz CT molecular complexity index is 506. The number of hydrogen-bond donors (Lipinski definition) is 2. The van der Waals surface area contributed by atoms with Crippen LogP contribution in [0.2, 0.25) is 0 Å². The van der Waals surface area contributed by atoms with E-state index in [1.165, 1.54) is 17.8 Å². The van der Waals surface area contributed by atoms with E-state index in [1.54, 1.807) is 12.1 Å². The van der Waals surface area contributed by atoms with E-state index in [0.29, 0.717) is 23.9 Å². The second kappa shape index (κ2) is 8.63. The maximum atomic E-state index is 11.8. The van der Waals surface area contributed by atoms with Gasteiger partial charge in [-0.2, -0.15) is 0 Å². The number of thioether (sulfide) groups is 1. The summed E-state index contributed by atoms with van der Waals surface area (Å²) in [7, 11) is 0. The van der Waals surface area contributed by atoms with Crippen molar-refractivity contribution >= 4 is 23.4 Å². The van der Waals surface area contributed by atoms with Gasteiger partial charge >= 0.3 is 0 Å². The minimum Gasteiger partial charge on any atom is -0.351 e. The van der Waals surface area contributed by atoms with E-state index >= 15 is 0 Å². The Balaban J connectivity index is 2.86. The number of carbonyl (C=O) groups is 1. The Hall–Kier alpha value is -1.60. The lowest BCUT2D eigenvalue weighted by Crippen LogP contribution is -2.29. The first kappa shape index (κ1) is 17.5. The number of amides is 1. The van der Waals surface area contributed by atoms with Gasteiger partial charge in [0, 0.05) is 24.7 Å². The molecule has 0 heterocycles. The molecule has 3 N–H and O–H groups in total. The quantitative estimate of drug-likeness (QED) is 0.436. The predicted octanol–water partition coefficient (Wildman–Crippen LogP) is 2.42. The van der Waals surface area contributed by atoms with Crippen molar-refractivity contribution in [1.29, 1.82) is 0 Å². The smallest absolute Gasteiger partial charge is 0.283 e. The largest absolute Gasteiger partial charge is 0.351 e. The summed E-state index contributed by atoms with van der Waals surface area (Å²) >= 11 is 1.45. The lowest BCUT2D eigenvalue weighted by molar-refractivity contribution is -0.387. The number of hydrogen-bond acceptors (Lipinski definition) is 5. The van der Waals surface area contributed by atoms with Crippen LogP contribution in [0.15, 0.2) is 23.1 Å². The number of nitrogens with one attached hydrogen (secondary N) is 1. The lowest BCUT2D eigenvalue weighted by atomic mass is 10.2. The molecule has 0 fully saturated rings. The van der Waals surface area contributed by atoms with Crippen molar-refractivity contribution < 1.29 is 9.72 Å². The molecule has 0 aliphatic rings. The maximum absolute atomic E-state index is 11.8. The summed E-state index contributed by atoms with van der Waals surface area (Å²) < 4.78 is 0. The van der Waals surface area contributed by atoms with Gasteiger partial charge in [-0.25, -0.2) is 0 Å². The molecule has 1 rings (SSSR count). The Morgan fingerprint density at radius 3 is 2.76 bits per heavy atom. The number of nitro groups is 1. The molecule has 0 aliphatic heterocycles. The van der Waals surface area contributed by atoms with E-state index in [1.807, 2.05) is 0 Å². The minimum atomic E-state index is -0.447. The number of carbonyl (C=O) groups excluding carboxylic acids is 1. The van der Waals surface area contributed by atoms with E-state index in [0.717, 1.165) is 12.2 Å². The molecule has 0 saturated carbocycles. The van der Waals surface area contributed by atoms with E-state index < -0.39 is 4.92 Å². The standard InChI is InChI=1S/C14H21N3O3S/c1-10(2)5-8-21-13-4-3-11(9-12(13)17(19)20)14(18)16-7-6-15/h3-4,9-10H,5-8,15H2,1-2H3,(H,16,18). The SMILES string of the molecule is CC(C)CCSc1ccc(C(=O)NCCN)cc1[N+](=O)[O-]. The Morgan fingerprint density at radius 2 is 2.19 bits per heavy atom. The molecule has 1 aromatic carbocycles. The van der Waals surface area contributed by atoms with Crippen LogP contribution in [0, 0.1) is 16.0 Å². The third kappa shape index (κ3) is 5.73. The number of nitro benzene ring substituents is 1. The summed E-state index contributed by atoms with van der Waals surface area (Å²) in [6, 6.07) is 4.57. The van der Waals surface area contributed by atoms with Crippen molar-refractivity contribution in [3.63, 3.8) is 0 Å². The molecule has 21 heavy (non-hydrogen) atoms. The molecule has 0 atom stereocenters. The highest BCUT2D eigenvalue weighted by molar-refractivity contribution is 7.99. The molecule has 0 spiro atoms. The van der Waals surface area contributed by atoms with Crippen molar-refractivity contribution in [2.45, 2.75) is 25.2 Å². The van der Waals surface area contributed by atoms with Crippen LogP contribution in [0.25, 0.3) is 0 Å². The summed E-state index contributed by atoms with van der Waals surface area (Å²) in [5.74, 6) is 1.03. The number of nitrogens with zero attached hydrogens (tertiary/aromatic N) is 1. The first-order chi connectivity index (χ1) is 9.95. The van der Waals surface area contributed by atoms with Gasteiger partial charge in [0.1, 0.15) is 0 Å². The highest BCUT2D eigenvalue weighted by Crippen LogP contribution is 2.31. The van der Waals surface area contributed by atoms with Gasteiger partial charge in [0.25, 0.3) is 11.6 Å². The highest BCUT2D eigenvalue weighted by atomic mass is 32.2. The molecule has 6 nitrogen and oxygen atoms in total. The molecular formula is C14H21N3O3S. The average molecular weight is 311 g/mol. The van der Waals surface area contributed by atoms with Crippen molar-refractivity contribution in [3.8, 4) is 0 Å². The second-order valence-electron chi connectivity index (χ2n) is 5.02. The Labute approximate surface area is 128 Å². The summed E-state index contributed by atoms with van der Waals surface area (Å²) in [5, 5.41) is 13.7. The van der Waals surface area contributed by atoms with E-state index in [2.05, 4.69) is 19.2 Å². The average Bonchev–Trinajstić information content (AvgIpc) is 2.44. The van der Waals surface area contributed by atoms with Gasteiger partial charge in [0.2, 0.25) is 0 Å². The van der Waals surface area contributed by atoms with Crippen LogP contribution in [0.1, 0.15) is 30.6 Å². The van der Waals surface area contributed by atoms with Gasteiger partial charge in [0.15, 0.2) is 0 Å². The van der Waals surface area contributed by atoms with Crippen LogP contribution >= 0.6 is 11.8 Å². The van der Waals surface area contributed by atoms with Gasteiger partial charge in [-0.1, -0.05) is 13.8 Å². The molecule has 0 bridgehead atoms. The molecule has 0 aromatic heterocycles. The first-order valence-electron chi connectivity index (χ1n) is 6.85. The zero-order valence-electron chi connectivity index (χ0n) is 12.3. The molecule has 0 aliphatic carbocycles. The molecule has 116 valence electrons. The number of rotatable bonds is 8. The van der Waals surface area contributed by atoms with E-state index in [-0.39, 0.29) is 17.2 Å². The zero-order valence-corrected chi connectivity index (χ0v) is 13.1. The monoisotopic (exact) mass is 311 g/mol. The summed E-state index contributed by atoms with van der Waals surface area (Å²) in [6.45, 7) is 4.90. The fraction of sp³-hybridized carbons (Fsp3) is 0.500. The van der Waals surface area contributed by atoms with Gasteiger partial charge in [-0.05, 0) is 30.2 Å². The van der Waals surface area contributed by atoms with Crippen molar-refractivity contribution in [2.24, 2.45) is 11.7 Å². The fourth-order valence-corrected chi connectivity index (χ4v) is 2.87. The summed E-state index contributed by atoms with van der Waals surface area (Å²) in [5.41, 5.74) is 5.57. The Morgan fingerprint density at radius 1 is 1.48 bits per heavy atom. The Kier molecular flexibility index (Phi) is 7.18. The second-order valence-corrected chi connectivity index (χ2v) is 6.15. The maximum Gasteiger partial charge on any atom is 0.283 e. The van der Waals surface area contributed by atoms with Gasteiger partial charge in [-0.15, -0.1) is 11.8 Å². The normalized spacial score (nSPS) is 10.7. The highest BCUT2D eigenvalue weighted by Gasteiger charge is 2.17. The first-order valence-corrected chi connectivity index (χ1v) is 7.83. The van der Waals surface area contributed by atoms with E-state index in [9.17, 15) is 14.9 Å². The van der Waals surface area contributed by atoms with Gasteiger partial charge in [-0.3, -0.25) is 14.9 Å². The van der Waals surface area contributed by atoms with Crippen molar-refractivity contribution in [3.05, 3.63) is 33.9 Å². The van der Waals surface area contributed by atoms with E-state index in [4.69, 9.17) is 5.73 Å². The number of nitrogens with two attached hydrogens (primary N) is 1. The molecular weight excluding hydrogens is 290 g/mol. The van der Waals surface area contributed by atoms with Crippen molar-refractivity contribution in [2.75, 3.05) is 18.8 Å². The van der Waals surface area contributed by atoms with Crippen molar-refractivity contribution in [1.82, 2.24) is 5.32 Å². The molecule has 0 radical (unpaired) electrons. The van der Waals surface area contributed by atoms with Crippen LogP contribution in [0.4, 0.5) is 5.69 Å². The molecule has 0 saturated heterocycles. The molecule has 7 heteroatoms. The van der Waals surface area contributed by atoms with Crippen LogP contribution in [0.5, 0.6) is 0 Å². The number of benzene rings is 1.